The molecule has 0 radical (unpaired) electrons. The van der Waals surface area contributed by atoms with Crippen LogP contribution in [-0.2, 0) is 4.74 Å². The summed E-state index contributed by atoms with van der Waals surface area (Å²) >= 11 is 6.13. The molecule has 0 aliphatic carbocycles. The van der Waals surface area contributed by atoms with Gasteiger partial charge in [-0.3, -0.25) is 0 Å². The number of hydrogen-bond acceptors (Lipinski definition) is 3. The Hall–Kier alpha value is -0.770. The topological polar surface area (TPSA) is 30.5 Å². The van der Waals surface area contributed by atoms with E-state index in [1.807, 2.05) is 25.1 Å². The fraction of sp³-hybridized carbons (Fsp3) is 0.625. The highest BCUT2D eigenvalue weighted by atomic mass is 35.5. The molecule has 0 aliphatic heterocycles. The summed E-state index contributed by atoms with van der Waals surface area (Å²) in [5.41, 5.74) is 1.13. The van der Waals surface area contributed by atoms with Gasteiger partial charge in [-0.2, -0.15) is 0 Å². The first-order valence-electron chi connectivity index (χ1n) is 7.37. The van der Waals surface area contributed by atoms with Crippen molar-refractivity contribution in [1.29, 1.82) is 0 Å². The number of benzene rings is 1. The van der Waals surface area contributed by atoms with Gasteiger partial charge < -0.3 is 14.8 Å². The van der Waals surface area contributed by atoms with Crippen molar-refractivity contribution in [3.63, 3.8) is 0 Å². The first kappa shape index (κ1) is 17.3. The van der Waals surface area contributed by atoms with Crippen molar-refractivity contribution >= 4 is 11.6 Å². The van der Waals surface area contributed by atoms with E-state index in [1.165, 1.54) is 0 Å². The van der Waals surface area contributed by atoms with E-state index in [9.17, 15) is 0 Å². The molecule has 0 fully saturated rings. The summed E-state index contributed by atoms with van der Waals surface area (Å²) in [5.74, 6) is 0.888. The highest BCUT2D eigenvalue weighted by Crippen LogP contribution is 2.30. The fourth-order valence-corrected chi connectivity index (χ4v) is 2.38. The molecule has 0 aromatic heterocycles. The molecule has 0 amide bonds. The van der Waals surface area contributed by atoms with Gasteiger partial charge in [0.1, 0.15) is 5.75 Å². The SMILES string of the molecule is CCCNC(CCCOCC)c1cc(Cl)ccc1OC. The maximum atomic E-state index is 6.13. The van der Waals surface area contributed by atoms with Crippen molar-refractivity contribution in [1.82, 2.24) is 5.32 Å². The smallest absolute Gasteiger partial charge is 0.123 e. The van der Waals surface area contributed by atoms with Gasteiger partial charge in [0.05, 0.1) is 7.11 Å². The van der Waals surface area contributed by atoms with Crippen molar-refractivity contribution in [3.05, 3.63) is 28.8 Å². The van der Waals surface area contributed by atoms with Crippen molar-refractivity contribution < 1.29 is 9.47 Å². The van der Waals surface area contributed by atoms with E-state index >= 15 is 0 Å². The molecule has 0 heterocycles. The molecule has 1 aromatic carbocycles. The predicted octanol–water partition coefficient (Wildman–Crippen LogP) is 4.21. The molecule has 1 rings (SSSR count). The lowest BCUT2D eigenvalue weighted by molar-refractivity contribution is 0.140. The molecule has 114 valence electrons. The largest absolute Gasteiger partial charge is 0.496 e. The molecule has 0 bridgehead atoms. The standard InChI is InChI=1S/C16H26ClNO2/c1-4-10-18-15(7-6-11-20-5-2)14-12-13(17)8-9-16(14)19-3/h8-9,12,15,18H,4-7,10-11H2,1-3H3. The van der Waals surface area contributed by atoms with Crippen LogP contribution in [0.3, 0.4) is 0 Å². The molecule has 1 atom stereocenters. The fourth-order valence-electron chi connectivity index (χ4n) is 2.20. The van der Waals surface area contributed by atoms with Crippen LogP contribution in [0.25, 0.3) is 0 Å². The van der Waals surface area contributed by atoms with Crippen LogP contribution in [0.4, 0.5) is 0 Å². The minimum absolute atomic E-state index is 0.254. The van der Waals surface area contributed by atoms with E-state index in [0.29, 0.717) is 0 Å². The van der Waals surface area contributed by atoms with E-state index in [1.54, 1.807) is 7.11 Å². The molecule has 4 heteroatoms. The Balaban J connectivity index is 2.77. The molecule has 1 N–H and O–H groups in total. The molecule has 20 heavy (non-hydrogen) atoms. The highest BCUT2D eigenvalue weighted by molar-refractivity contribution is 6.30. The molecular weight excluding hydrogens is 274 g/mol. The first-order valence-corrected chi connectivity index (χ1v) is 7.75. The molecular formula is C16H26ClNO2. The average molecular weight is 300 g/mol. The quantitative estimate of drug-likeness (QED) is 0.657. The van der Waals surface area contributed by atoms with Crippen LogP contribution in [0.1, 0.15) is 44.7 Å². The minimum Gasteiger partial charge on any atom is -0.496 e. The van der Waals surface area contributed by atoms with E-state index in [2.05, 4.69) is 12.2 Å². The molecule has 0 saturated heterocycles. The van der Waals surface area contributed by atoms with Gasteiger partial charge in [0.25, 0.3) is 0 Å². The van der Waals surface area contributed by atoms with Crippen LogP contribution in [0.2, 0.25) is 5.02 Å². The summed E-state index contributed by atoms with van der Waals surface area (Å²) in [6, 6.07) is 6.04. The van der Waals surface area contributed by atoms with E-state index < -0.39 is 0 Å². The average Bonchev–Trinajstić information content (AvgIpc) is 2.46. The molecule has 0 spiro atoms. The number of nitrogens with one attached hydrogen (secondary N) is 1. The van der Waals surface area contributed by atoms with Gasteiger partial charge in [-0.15, -0.1) is 0 Å². The van der Waals surface area contributed by atoms with Crippen molar-refractivity contribution in [2.24, 2.45) is 0 Å². The van der Waals surface area contributed by atoms with Gasteiger partial charge in [-0.25, -0.2) is 0 Å². The van der Waals surface area contributed by atoms with Crippen LogP contribution in [0.15, 0.2) is 18.2 Å². The highest BCUT2D eigenvalue weighted by Gasteiger charge is 2.15. The Labute approximate surface area is 127 Å². The Morgan fingerprint density at radius 1 is 1.30 bits per heavy atom. The Kier molecular flexibility index (Phi) is 8.67. The third-order valence-corrected chi connectivity index (χ3v) is 3.43. The van der Waals surface area contributed by atoms with Gasteiger partial charge in [-0.05, 0) is 50.9 Å². The van der Waals surface area contributed by atoms with Gasteiger partial charge in [-0.1, -0.05) is 18.5 Å². The van der Waals surface area contributed by atoms with Crippen LogP contribution in [0.5, 0.6) is 5.75 Å². The minimum atomic E-state index is 0.254. The van der Waals surface area contributed by atoms with Gasteiger partial charge in [0.15, 0.2) is 0 Å². The van der Waals surface area contributed by atoms with E-state index in [4.69, 9.17) is 21.1 Å². The lowest BCUT2D eigenvalue weighted by Crippen LogP contribution is -2.23. The zero-order valence-electron chi connectivity index (χ0n) is 12.7. The first-order chi connectivity index (χ1) is 9.72. The number of methoxy groups -OCH3 is 1. The Bertz CT molecular complexity index is 385. The maximum absolute atomic E-state index is 6.13. The lowest BCUT2D eigenvalue weighted by atomic mass is 10.0. The van der Waals surface area contributed by atoms with Crippen LogP contribution in [-0.4, -0.2) is 26.9 Å². The third-order valence-electron chi connectivity index (χ3n) is 3.19. The van der Waals surface area contributed by atoms with E-state index in [-0.39, 0.29) is 6.04 Å². The van der Waals surface area contributed by atoms with Gasteiger partial charge in [0.2, 0.25) is 0 Å². The maximum Gasteiger partial charge on any atom is 0.123 e. The lowest BCUT2D eigenvalue weighted by Gasteiger charge is -2.21. The predicted molar refractivity (Wildman–Crippen MR) is 84.8 cm³/mol. The van der Waals surface area contributed by atoms with Crippen molar-refractivity contribution in [2.45, 2.75) is 39.2 Å². The molecule has 0 aliphatic rings. The second-order valence-electron chi connectivity index (χ2n) is 4.73. The normalized spacial score (nSPS) is 12.4. The molecule has 1 unspecified atom stereocenters. The second-order valence-corrected chi connectivity index (χ2v) is 5.17. The van der Waals surface area contributed by atoms with Crippen LogP contribution in [0, 0.1) is 0 Å². The van der Waals surface area contributed by atoms with Crippen LogP contribution >= 0.6 is 11.6 Å². The summed E-state index contributed by atoms with van der Waals surface area (Å²) < 4.78 is 10.9. The van der Waals surface area contributed by atoms with E-state index in [0.717, 1.165) is 55.4 Å². The zero-order valence-corrected chi connectivity index (χ0v) is 13.5. The van der Waals surface area contributed by atoms with Crippen molar-refractivity contribution in [2.75, 3.05) is 26.9 Å². The third kappa shape index (κ3) is 5.70. The monoisotopic (exact) mass is 299 g/mol. The molecule has 1 aromatic rings. The molecule has 3 nitrogen and oxygen atoms in total. The summed E-state index contributed by atoms with van der Waals surface area (Å²) in [7, 11) is 1.70. The Morgan fingerprint density at radius 3 is 2.75 bits per heavy atom. The van der Waals surface area contributed by atoms with Crippen molar-refractivity contribution in [3.8, 4) is 5.75 Å². The number of halogens is 1. The zero-order chi connectivity index (χ0) is 14.8. The summed E-state index contributed by atoms with van der Waals surface area (Å²) in [6.45, 7) is 6.73. The number of hydrogen-bond donors (Lipinski definition) is 1. The summed E-state index contributed by atoms with van der Waals surface area (Å²) in [4.78, 5) is 0. The van der Waals surface area contributed by atoms with Crippen LogP contribution < -0.4 is 10.1 Å². The Morgan fingerprint density at radius 2 is 2.10 bits per heavy atom. The summed E-state index contributed by atoms with van der Waals surface area (Å²) in [6.07, 6.45) is 3.13. The number of rotatable bonds is 10. The second kappa shape index (κ2) is 10.0. The van der Waals surface area contributed by atoms with Gasteiger partial charge >= 0.3 is 0 Å². The summed E-state index contributed by atoms with van der Waals surface area (Å²) in [5, 5.41) is 4.31. The molecule has 0 saturated carbocycles. The van der Waals surface area contributed by atoms with Gasteiger partial charge in [0, 0.05) is 29.8 Å². The number of ether oxygens (including phenoxy) is 2.